The molecule has 1 saturated heterocycles. The largest absolute Gasteiger partial charge is 0.354 e. The first kappa shape index (κ1) is 14.9. The molecule has 0 saturated carbocycles. The van der Waals surface area contributed by atoms with Crippen molar-refractivity contribution in [3.05, 3.63) is 34.9 Å². The number of nitrogens with one attached hydrogen (secondary N) is 1. The molecule has 1 aliphatic rings. The molecule has 0 radical (unpaired) electrons. The number of amides is 2. The van der Waals surface area contributed by atoms with Gasteiger partial charge in [0.05, 0.1) is 0 Å². The van der Waals surface area contributed by atoms with E-state index in [9.17, 15) is 9.59 Å². The zero-order valence-corrected chi connectivity index (χ0v) is 12.3. The number of carbonyl (C=O) groups is 2. The summed E-state index contributed by atoms with van der Waals surface area (Å²) in [7, 11) is 0. The lowest BCUT2D eigenvalue weighted by Gasteiger charge is -2.22. The summed E-state index contributed by atoms with van der Waals surface area (Å²) in [4.78, 5) is 25.2. The van der Waals surface area contributed by atoms with Gasteiger partial charge in [-0.1, -0.05) is 23.7 Å². The highest BCUT2D eigenvalue weighted by atomic mass is 35.5. The molecule has 1 aliphatic heterocycles. The molecule has 1 aromatic carbocycles. The van der Waals surface area contributed by atoms with Crippen molar-refractivity contribution in [2.75, 3.05) is 13.1 Å². The van der Waals surface area contributed by atoms with E-state index in [1.54, 1.807) is 4.90 Å². The molecule has 0 aromatic heterocycles. The molecule has 0 bridgehead atoms. The van der Waals surface area contributed by atoms with Crippen LogP contribution in [0.15, 0.2) is 24.3 Å². The van der Waals surface area contributed by atoms with Crippen LogP contribution in [0.4, 0.5) is 0 Å². The van der Waals surface area contributed by atoms with Gasteiger partial charge in [-0.05, 0) is 37.0 Å². The van der Waals surface area contributed by atoms with Gasteiger partial charge in [0.25, 0.3) is 0 Å². The molecule has 20 heavy (non-hydrogen) atoms. The molecule has 0 aliphatic carbocycles. The van der Waals surface area contributed by atoms with Crippen LogP contribution in [0.25, 0.3) is 0 Å². The molecule has 108 valence electrons. The molecular weight excluding hydrogens is 276 g/mol. The van der Waals surface area contributed by atoms with Crippen molar-refractivity contribution in [1.29, 1.82) is 0 Å². The Morgan fingerprint density at radius 3 is 2.95 bits per heavy atom. The van der Waals surface area contributed by atoms with Gasteiger partial charge in [-0.2, -0.15) is 0 Å². The first-order valence-electron chi connectivity index (χ1n) is 6.87. The van der Waals surface area contributed by atoms with Crippen molar-refractivity contribution in [3.63, 3.8) is 0 Å². The second-order valence-corrected chi connectivity index (χ2v) is 5.48. The average Bonchev–Trinajstić information content (AvgIpc) is 2.88. The highest BCUT2D eigenvalue weighted by molar-refractivity contribution is 6.30. The van der Waals surface area contributed by atoms with E-state index >= 15 is 0 Å². The monoisotopic (exact) mass is 294 g/mol. The maximum atomic E-state index is 12.1. The second-order valence-electron chi connectivity index (χ2n) is 5.04. The summed E-state index contributed by atoms with van der Waals surface area (Å²) < 4.78 is 0. The van der Waals surface area contributed by atoms with E-state index in [2.05, 4.69) is 5.32 Å². The number of nitrogens with zero attached hydrogens (tertiary/aromatic N) is 1. The highest BCUT2D eigenvalue weighted by Gasteiger charge is 2.31. The van der Waals surface area contributed by atoms with Crippen LogP contribution in [0, 0.1) is 0 Å². The summed E-state index contributed by atoms with van der Waals surface area (Å²) in [6.45, 7) is 2.75. The summed E-state index contributed by atoms with van der Waals surface area (Å²) in [5.41, 5.74) is 1.09. The van der Waals surface area contributed by atoms with Crippen molar-refractivity contribution in [1.82, 2.24) is 10.2 Å². The van der Waals surface area contributed by atoms with Crippen LogP contribution in [-0.4, -0.2) is 35.8 Å². The van der Waals surface area contributed by atoms with Gasteiger partial charge in [-0.3, -0.25) is 9.59 Å². The molecule has 1 N–H and O–H groups in total. The zero-order valence-electron chi connectivity index (χ0n) is 11.6. The van der Waals surface area contributed by atoms with Gasteiger partial charge in [0.1, 0.15) is 6.04 Å². The predicted octanol–water partition coefficient (Wildman–Crippen LogP) is 2.01. The standard InChI is InChI=1S/C15H19ClN2O2/c1-11(19)18-9-3-6-14(18)15(20)17-8-7-12-4-2-5-13(16)10-12/h2,4-5,10,14H,3,6-9H2,1H3,(H,17,20)/t14-/m1/s1. The van der Waals surface area contributed by atoms with E-state index in [1.807, 2.05) is 24.3 Å². The lowest BCUT2D eigenvalue weighted by Crippen LogP contribution is -2.45. The summed E-state index contributed by atoms with van der Waals surface area (Å²) >= 11 is 5.91. The molecule has 4 nitrogen and oxygen atoms in total. The minimum Gasteiger partial charge on any atom is -0.354 e. The van der Waals surface area contributed by atoms with Gasteiger partial charge < -0.3 is 10.2 Å². The molecule has 1 aromatic rings. The molecule has 2 amide bonds. The van der Waals surface area contributed by atoms with E-state index in [4.69, 9.17) is 11.6 Å². The predicted molar refractivity (Wildman–Crippen MR) is 78.6 cm³/mol. The van der Waals surface area contributed by atoms with E-state index in [1.165, 1.54) is 6.92 Å². The number of halogens is 1. The van der Waals surface area contributed by atoms with E-state index in [0.29, 0.717) is 18.1 Å². The molecular formula is C15H19ClN2O2. The van der Waals surface area contributed by atoms with Crippen LogP contribution in [0.3, 0.4) is 0 Å². The molecule has 1 fully saturated rings. The molecule has 5 heteroatoms. The quantitative estimate of drug-likeness (QED) is 0.923. The van der Waals surface area contributed by atoms with Gasteiger partial charge in [-0.25, -0.2) is 0 Å². The fourth-order valence-corrected chi connectivity index (χ4v) is 2.77. The van der Waals surface area contributed by atoms with Gasteiger partial charge >= 0.3 is 0 Å². The third-order valence-corrected chi connectivity index (χ3v) is 3.80. The number of carbonyl (C=O) groups excluding carboxylic acids is 2. The Bertz CT molecular complexity index is 504. The van der Waals surface area contributed by atoms with Gasteiger partial charge in [0.2, 0.25) is 11.8 Å². The summed E-state index contributed by atoms with van der Waals surface area (Å²) in [6.07, 6.45) is 2.38. The SMILES string of the molecule is CC(=O)N1CCC[C@@H]1C(=O)NCCc1cccc(Cl)c1. The van der Waals surface area contributed by atoms with E-state index in [-0.39, 0.29) is 17.9 Å². The topological polar surface area (TPSA) is 49.4 Å². The first-order valence-corrected chi connectivity index (χ1v) is 7.25. The van der Waals surface area contributed by atoms with Crippen LogP contribution in [0.5, 0.6) is 0 Å². The Morgan fingerprint density at radius 2 is 2.25 bits per heavy atom. The van der Waals surface area contributed by atoms with Gasteiger partial charge in [-0.15, -0.1) is 0 Å². The lowest BCUT2D eigenvalue weighted by molar-refractivity contribution is -0.136. The Balaban J connectivity index is 1.82. The van der Waals surface area contributed by atoms with Crippen LogP contribution in [0.2, 0.25) is 5.02 Å². The Labute approximate surface area is 124 Å². The summed E-state index contributed by atoms with van der Waals surface area (Å²) in [5, 5.41) is 3.60. The number of likely N-dealkylation sites (tertiary alicyclic amines) is 1. The summed E-state index contributed by atoms with van der Waals surface area (Å²) in [6, 6.07) is 7.30. The van der Waals surface area contributed by atoms with Crippen LogP contribution >= 0.6 is 11.6 Å². The maximum Gasteiger partial charge on any atom is 0.242 e. The van der Waals surface area contributed by atoms with Crippen LogP contribution < -0.4 is 5.32 Å². The molecule has 1 heterocycles. The average molecular weight is 295 g/mol. The third kappa shape index (κ3) is 3.73. The number of rotatable bonds is 4. The molecule has 2 rings (SSSR count). The van der Waals surface area contributed by atoms with E-state index in [0.717, 1.165) is 24.8 Å². The van der Waals surface area contributed by atoms with E-state index < -0.39 is 0 Å². The van der Waals surface area contributed by atoms with Gasteiger partial charge in [0, 0.05) is 25.0 Å². The second kappa shape index (κ2) is 6.75. The zero-order chi connectivity index (χ0) is 14.5. The van der Waals surface area contributed by atoms with Crippen LogP contribution in [0.1, 0.15) is 25.3 Å². The number of benzene rings is 1. The molecule has 0 unspecified atom stereocenters. The Kier molecular flexibility index (Phi) is 5.01. The summed E-state index contributed by atoms with van der Waals surface area (Å²) in [5.74, 6) is -0.0859. The minimum atomic E-state index is -0.299. The van der Waals surface area contributed by atoms with Crippen molar-refractivity contribution in [2.24, 2.45) is 0 Å². The van der Waals surface area contributed by atoms with Crippen molar-refractivity contribution < 1.29 is 9.59 Å². The maximum absolute atomic E-state index is 12.1. The fourth-order valence-electron chi connectivity index (χ4n) is 2.56. The van der Waals surface area contributed by atoms with Crippen molar-refractivity contribution in [3.8, 4) is 0 Å². The first-order chi connectivity index (χ1) is 9.58. The van der Waals surface area contributed by atoms with Gasteiger partial charge in [0.15, 0.2) is 0 Å². The van der Waals surface area contributed by atoms with Crippen molar-refractivity contribution in [2.45, 2.75) is 32.2 Å². The Morgan fingerprint density at radius 1 is 1.45 bits per heavy atom. The number of hydrogen-bond donors (Lipinski definition) is 1. The molecule has 1 atom stereocenters. The number of hydrogen-bond acceptors (Lipinski definition) is 2. The lowest BCUT2D eigenvalue weighted by atomic mass is 10.1. The highest BCUT2D eigenvalue weighted by Crippen LogP contribution is 2.17. The van der Waals surface area contributed by atoms with Crippen molar-refractivity contribution >= 4 is 23.4 Å². The van der Waals surface area contributed by atoms with Crippen LogP contribution in [-0.2, 0) is 16.0 Å². The Hall–Kier alpha value is -1.55. The smallest absolute Gasteiger partial charge is 0.242 e. The minimum absolute atomic E-state index is 0.0301. The third-order valence-electron chi connectivity index (χ3n) is 3.56. The fraction of sp³-hybridized carbons (Fsp3) is 0.467. The normalized spacial score (nSPS) is 18.1. The molecule has 0 spiro atoms.